The van der Waals surface area contributed by atoms with Gasteiger partial charge in [0, 0.05) is 24.6 Å². The van der Waals surface area contributed by atoms with Gasteiger partial charge >= 0.3 is 0 Å². The second-order valence-electron chi connectivity index (χ2n) is 5.01. The Bertz CT molecular complexity index is 562. The van der Waals surface area contributed by atoms with E-state index in [1.54, 1.807) is 31.3 Å². The first kappa shape index (κ1) is 19.9. The maximum Gasteiger partial charge on any atom is 0.244 e. The summed E-state index contributed by atoms with van der Waals surface area (Å²) < 4.78 is 33.2. The highest BCUT2D eigenvalue weighted by Crippen LogP contribution is 2.22. The second-order valence-corrected chi connectivity index (χ2v) is 7.93. The van der Waals surface area contributed by atoms with Gasteiger partial charge in [0.05, 0.1) is 24.3 Å². The molecule has 0 N–H and O–H groups in total. The average molecular weight is 414 g/mol. The molecule has 22 heavy (non-hydrogen) atoms. The number of halogens is 2. The summed E-state index contributed by atoms with van der Waals surface area (Å²) in [7, 11) is -1.83. The molecule has 0 radical (unpaired) electrons. The minimum Gasteiger partial charge on any atom is -0.379 e. The van der Waals surface area contributed by atoms with Crippen LogP contribution in [-0.4, -0.2) is 57.1 Å². The number of hydrogen-bond acceptors (Lipinski definition) is 4. The molecule has 0 saturated carbocycles. The lowest BCUT2D eigenvalue weighted by atomic mass is 10.3. The largest absolute Gasteiger partial charge is 0.379 e. The van der Waals surface area contributed by atoms with Gasteiger partial charge in [0.15, 0.2) is 0 Å². The van der Waals surface area contributed by atoms with Gasteiger partial charge in [-0.1, -0.05) is 22.9 Å². The number of sulfonamides is 1. The summed E-state index contributed by atoms with van der Waals surface area (Å²) in [6.07, 6.45) is 0.606. The molecule has 2 rings (SSSR count). The molecule has 8 heteroatoms. The summed E-state index contributed by atoms with van der Waals surface area (Å²) in [5, 5.41) is 0. The quantitative estimate of drug-likeness (QED) is 0.744. The third-order valence-corrected chi connectivity index (χ3v) is 6.14. The van der Waals surface area contributed by atoms with E-state index in [9.17, 15) is 8.42 Å². The van der Waals surface area contributed by atoms with Crippen LogP contribution in [0.15, 0.2) is 33.6 Å². The van der Waals surface area contributed by atoms with E-state index >= 15 is 0 Å². The summed E-state index contributed by atoms with van der Waals surface area (Å²) in [5.41, 5.74) is 0. The Labute approximate surface area is 147 Å². The first-order valence-electron chi connectivity index (χ1n) is 7.02. The van der Waals surface area contributed by atoms with Crippen LogP contribution in [0.4, 0.5) is 0 Å². The first-order valence-corrected chi connectivity index (χ1v) is 9.25. The fourth-order valence-electron chi connectivity index (χ4n) is 2.55. The van der Waals surface area contributed by atoms with Crippen molar-refractivity contribution in [2.75, 3.05) is 33.4 Å². The molecule has 1 fully saturated rings. The van der Waals surface area contributed by atoms with Crippen molar-refractivity contribution < 1.29 is 13.2 Å². The van der Waals surface area contributed by atoms with Gasteiger partial charge in [0.2, 0.25) is 10.0 Å². The second kappa shape index (κ2) is 8.61. The van der Waals surface area contributed by atoms with Gasteiger partial charge in [-0.2, -0.15) is 4.31 Å². The highest BCUT2D eigenvalue weighted by Gasteiger charge is 2.31. The maximum atomic E-state index is 12.7. The smallest absolute Gasteiger partial charge is 0.244 e. The molecule has 1 unspecified atom stereocenters. The molecule has 1 saturated heterocycles. The minimum absolute atomic E-state index is 0. The molecule has 0 bridgehead atoms. The Morgan fingerprint density at radius 2 is 1.82 bits per heavy atom. The molecule has 0 aliphatic carbocycles. The van der Waals surface area contributed by atoms with Crippen LogP contribution in [0, 0.1) is 0 Å². The summed E-state index contributed by atoms with van der Waals surface area (Å²) in [5.74, 6) is 0. The van der Waals surface area contributed by atoms with Crippen molar-refractivity contribution in [3.63, 3.8) is 0 Å². The Morgan fingerprint density at radius 1 is 1.27 bits per heavy atom. The minimum atomic E-state index is -3.49. The molecule has 1 aliphatic heterocycles. The van der Waals surface area contributed by atoms with Gasteiger partial charge in [0.25, 0.3) is 0 Å². The van der Waals surface area contributed by atoms with Crippen LogP contribution in [0.2, 0.25) is 0 Å². The third kappa shape index (κ3) is 4.43. The summed E-state index contributed by atoms with van der Waals surface area (Å²) >= 11 is 3.32. The molecule has 0 aromatic heterocycles. The van der Waals surface area contributed by atoms with Crippen LogP contribution in [-0.2, 0) is 14.8 Å². The predicted octanol–water partition coefficient (Wildman–Crippen LogP) is 2.56. The Kier molecular flexibility index (Phi) is 7.78. The lowest BCUT2D eigenvalue weighted by molar-refractivity contribution is -0.00793. The number of benzene rings is 1. The standard InChI is InChI=1S/C14H21BrN2O3S.ClH/c1-3-14(17-8-10-20-11-9-17)16(2)21(18,19)13-6-4-12(15)5-7-13;/h4-7,14H,3,8-11H2,1-2H3;1H. The monoisotopic (exact) mass is 412 g/mol. The number of rotatable bonds is 5. The van der Waals surface area contributed by atoms with Crippen LogP contribution in [0.5, 0.6) is 0 Å². The molecule has 1 aliphatic rings. The molecular formula is C14H22BrClN2O3S. The fraction of sp³-hybridized carbons (Fsp3) is 0.571. The lowest BCUT2D eigenvalue weighted by Crippen LogP contribution is -2.52. The van der Waals surface area contributed by atoms with Gasteiger partial charge in [-0.3, -0.25) is 4.90 Å². The Balaban J connectivity index is 0.00000242. The van der Waals surface area contributed by atoms with Crippen LogP contribution in [0.1, 0.15) is 13.3 Å². The fourth-order valence-corrected chi connectivity index (χ4v) is 4.23. The van der Waals surface area contributed by atoms with E-state index in [4.69, 9.17) is 4.74 Å². The maximum absolute atomic E-state index is 12.7. The van der Waals surface area contributed by atoms with Gasteiger partial charge < -0.3 is 4.74 Å². The van der Waals surface area contributed by atoms with E-state index in [-0.39, 0.29) is 18.6 Å². The van der Waals surface area contributed by atoms with Crippen LogP contribution in [0.25, 0.3) is 0 Å². The molecular weight excluding hydrogens is 392 g/mol. The highest BCUT2D eigenvalue weighted by molar-refractivity contribution is 9.10. The van der Waals surface area contributed by atoms with Crippen molar-refractivity contribution in [2.24, 2.45) is 0 Å². The Hall–Kier alpha value is -0.180. The van der Waals surface area contributed by atoms with E-state index in [0.29, 0.717) is 18.1 Å². The third-order valence-electron chi connectivity index (χ3n) is 3.74. The molecule has 1 aromatic rings. The number of morpholine rings is 1. The molecule has 0 spiro atoms. The topological polar surface area (TPSA) is 49.9 Å². The van der Waals surface area contributed by atoms with Gasteiger partial charge in [-0.15, -0.1) is 12.4 Å². The molecule has 5 nitrogen and oxygen atoms in total. The highest BCUT2D eigenvalue weighted by atomic mass is 79.9. The predicted molar refractivity (Wildman–Crippen MR) is 92.8 cm³/mol. The molecule has 1 aromatic carbocycles. The van der Waals surface area contributed by atoms with Gasteiger partial charge in [-0.05, 0) is 30.7 Å². The molecule has 1 heterocycles. The normalized spacial score (nSPS) is 18.0. The van der Waals surface area contributed by atoms with E-state index in [1.165, 1.54) is 4.31 Å². The SMILES string of the molecule is CCC(N1CCOCC1)N(C)S(=O)(=O)c1ccc(Br)cc1.Cl. The van der Waals surface area contributed by atoms with Crippen LogP contribution >= 0.6 is 28.3 Å². The first-order chi connectivity index (χ1) is 9.96. The molecule has 1 atom stereocenters. The van der Waals surface area contributed by atoms with E-state index in [0.717, 1.165) is 24.0 Å². The van der Waals surface area contributed by atoms with Crippen molar-refractivity contribution in [2.45, 2.75) is 24.4 Å². The van der Waals surface area contributed by atoms with Crippen molar-refractivity contribution >= 4 is 38.4 Å². The van der Waals surface area contributed by atoms with E-state index < -0.39 is 10.0 Å². The number of nitrogens with zero attached hydrogens (tertiary/aromatic N) is 2. The number of hydrogen-bond donors (Lipinski definition) is 0. The summed E-state index contributed by atoms with van der Waals surface area (Å²) in [6.45, 7) is 4.84. The summed E-state index contributed by atoms with van der Waals surface area (Å²) in [6, 6.07) is 6.75. The molecule has 126 valence electrons. The van der Waals surface area contributed by atoms with Gasteiger partial charge in [-0.25, -0.2) is 8.42 Å². The zero-order valence-electron chi connectivity index (χ0n) is 12.7. The van der Waals surface area contributed by atoms with Gasteiger partial charge in [0.1, 0.15) is 0 Å². The number of ether oxygens (including phenoxy) is 1. The Morgan fingerprint density at radius 3 is 2.32 bits per heavy atom. The van der Waals surface area contributed by atoms with E-state index in [1.807, 2.05) is 6.92 Å². The van der Waals surface area contributed by atoms with Crippen molar-refractivity contribution in [3.05, 3.63) is 28.7 Å². The lowest BCUT2D eigenvalue weighted by Gasteiger charge is -2.38. The zero-order chi connectivity index (χ0) is 15.5. The van der Waals surface area contributed by atoms with Crippen molar-refractivity contribution in [3.8, 4) is 0 Å². The zero-order valence-corrected chi connectivity index (χ0v) is 16.0. The summed E-state index contributed by atoms with van der Waals surface area (Å²) in [4.78, 5) is 2.49. The van der Waals surface area contributed by atoms with E-state index in [2.05, 4.69) is 20.8 Å². The van der Waals surface area contributed by atoms with Crippen molar-refractivity contribution in [1.82, 2.24) is 9.21 Å². The molecule has 0 amide bonds. The van der Waals surface area contributed by atoms with Crippen molar-refractivity contribution in [1.29, 1.82) is 0 Å². The van der Waals surface area contributed by atoms with Crippen LogP contribution < -0.4 is 0 Å². The average Bonchev–Trinajstić information content (AvgIpc) is 2.49. The van der Waals surface area contributed by atoms with Crippen LogP contribution in [0.3, 0.4) is 0 Å².